The standard InChI is InChI=1S/C8H14O/c1-3-5-6-7-8-9-4-2/h3,7-8H,1,4-6H2,2H3/b8-7-. The van der Waals surface area contributed by atoms with Gasteiger partial charge in [0.1, 0.15) is 0 Å². The number of rotatable bonds is 5. The molecule has 0 fully saturated rings. The lowest BCUT2D eigenvalue weighted by Crippen LogP contribution is -1.75. The van der Waals surface area contributed by atoms with Gasteiger partial charge in [-0.05, 0) is 25.8 Å². The highest BCUT2D eigenvalue weighted by atomic mass is 16.5. The van der Waals surface area contributed by atoms with E-state index in [1.54, 1.807) is 6.26 Å². The molecule has 0 saturated heterocycles. The van der Waals surface area contributed by atoms with E-state index in [9.17, 15) is 0 Å². The van der Waals surface area contributed by atoms with Gasteiger partial charge in [0.2, 0.25) is 0 Å². The third-order valence-corrected chi connectivity index (χ3v) is 0.897. The van der Waals surface area contributed by atoms with Gasteiger partial charge in [-0.1, -0.05) is 6.08 Å². The molecule has 0 aromatic rings. The molecule has 9 heavy (non-hydrogen) atoms. The van der Waals surface area contributed by atoms with Gasteiger partial charge in [0.25, 0.3) is 0 Å². The second-order valence-corrected chi connectivity index (χ2v) is 1.69. The molecule has 0 spiro atoms. The van der Waals surface area contributed by atoms with E-state index in [0.717, 1.165) is 19.4 Å². The van der Waals surface area contributed by atoms with Crippen LogP contribution in [0.2, 0.25) is 0 Å². The zero-order valence-corrected chi connectivity index (χ0v) is 5.97. The lowest BCUT2D eigenvalue weighted by Gasteiger charge is -1.90. The first-order valence-corrected chi connectivity index (χ1v) is 3.29. The molecule has 0 aliphatic carbocycles. The lowest BCUT2D eigenvalue weighted by atomic mass is 10.3. The normalized spacial score (nSPS) is 9.89. The largest absolute Gasteiger partial charge is 0.502 e. The molecule has 1 heteroatoms. The van der Waals surface area contributed by atoms with Crippen molar-refractivity contribution in [2.45, 2.75) is 19.8 Å². The van der Waals surface area contributed by atoms with Crippen molar-refractivity contribution in [1.29, 1.82) is 0 Å². The fraction of sp³-hybridized carbons (Fsp3) is 0.500. The highest BCUT2D eigenvalue weighted by Gasteiger charge is 1.73. The van der Waals surface area contributed by atoms with E-state index in [4.69, 9.17) is 4.74 Å². The minimum absolute atomic E-state index is 0.755. The molecule has 0 heterocycles. The second-order valence-electron chi connectivity index (χ2n) is 1.69. The van der Waals surface area contributed by atoms with Crippen LogP contribution in [0, 0.1) is 0 Å². The van der Waals surface area contributed by atoms with Crippen LogP contribution in [0.1, 0.15) is 19.8 Å². The summed E-state index contributed by atoms with van der Waals surface area (Å²) in [4.78, 5) is 0. The quantitative estimate of drug-likeness (QED) is 0.312. The van der Waals surface area contributed by atoms with E-state index in [2.05, 4.69) is 6.58 Å². The summed E-state index contributed by atoms with van der Waals surface area (Å²) in [5, 5.41) is 0. The van der Waals surface area contributed by atoms with Crippen molar-refractivity contribution in [3.8, 4) is 0 Å². The van der Waals surface area contributed by atoms with Crippen molar-refractivity contribution in [3.63, 3.8) is 0 Å². The Bertz CT molecular complexity index is 84.6. The molecule has 0 radical (unpaired) electrons. The maximum absolute atomic E-state index is 4.97. The molecule has 0 amide bonds. The predicted octanol–water partition coefficient (Wildman–Crippen LogP) is 2.50. The van der Waals surface area contributed by atoms with Gasteiger partial charge in [-0.2, -0.15) is 0 Å². The molecule has 0 unspecified atom stereocenters. The molecule has 0 aromatic heterocycles. The zero-order valence-electron chi connectivity index (χ0n) is 5.97. The van der Waals surface area contributed by atoms with Crippen LogP contribution in [0.5, 0.6) is 0 Å². The molecule has 52 valence electrons. The van der Waals surface area contributed by atoms with Gasteiger partial charge in [-0.3, -0.25) is 0 Å². The minimum atomic E-state index is 0.755. The third kappa shape index (κ3) is 7.28. The Balaban J connectivity index is 2.94. The SMILES string of the molecule is C=CCC/C=C\OCC. The first-order valence-electron chi connectivity index (χ1n) is 3.29. The third-order valence-electron chi connectivity index (χ3n) is 0.897. The van der Waals surface area contributed by atoms with Crippen LogP contribution in [0.4, 0.5) is 0 Å². The van der Waals surface area contributed by atoms with Crippen molar-refractivity contribution in [1.82, 2.24) is 0 Å². The second kappa shape index (κ2) is 7.28. The Hall–Kier alpha value is -0.720. The highest BCUT2D eigenvalue weighted by molar-refractivity contribution is 4.78. The van der Waals surface area contributed by atoms with E-state index >= 15 is 0 Å². The van der Waals surface area contributed by atoms with Gasteiger partial charge in [-0.25, -0.2) is 0 Å². The number of hydrogen-bond acceptors (Lipinski definition) is 1. The molecule has 0 N–H and O–H groups in total. The Labute approximate surface area is 57.0 Å². The summed E-state index contributed by atoms with van der Waals surface area (Å²) in [7, 11) is 0. The van der Waals surface area contributed by atoms with E-state index in [-0.39, 0.29) is 0 Å². The molecular formula is C8H14O. The minimum Gasteiger partial charge on any atom is -0.502 e. The van der Waals surface area contributed by atoms with Crippen LogP contribution < -0.4 is 0 Å². The Morgan fingerprint density at radius 2 is 2.22 bits per heavy atom. The maximum Gasteiger partial charge on any atom is 0.0845 e. The van der Waals surface area contributed by atoms with Gasteiger partial charge < -0.3 is 4.74 Å². The number of ether oxygens (including phenoxy) is 1. The predicted molar refractivity (Wildman–Crippen MR) is 40.2 cm³/mol. The zero-order chi connectivity index (χ0) is 6.95. The van der Waals surface area contributed by atoms with E-state index in [1.165, 1.54) is 0 Å². The number of hydrogen-bond donors (Lipinski definition) is 0. The molecule has 0 aliphatic rings. The maximum atomic E-state index is 4.97. The summed E-state index contributed by atoms with van der Waals surface area (Å²) in [5.41, 5.74) is 0. The molecule has 1 nitrogen and oxygen atoms in total. The Morgan fingerprint density at radius 1 is 1.44 bits per heavy atom. The molecule has 0 bridgehead atoms. The van der Waals surface area contributed by atoms with E-state index in [1.807, 2.05) is 19.1 Å². The van der Waals surface area contributed by atoms with Gasteiger partial charge in [0.05, 0.1) is 12.9 Å². The van der Waals surface area contributed by atoms with E-state index in [0.29, 0.717) is 0 Å². The topological polar surface area (TPSA) is 9.23 Å². The fourth-order valence-electron chi connectivity index (χ4n) is 0.446. The average molecular weight is 126 g/mol. The van der Waals surface area contributed by atoms with Crippen LogP contribution in [0.15, 0.2) is 25.0 Å². The lowest BCUT2D eigenvalue weighted by molar-refractivity contribution is 0.268. The van der Waals surface area contributed by atoms with Crippen molar-refractivity contribution < 1.29 is 4.74 Å². The summed E-state index contributed by atoms with van der Waals surface area (Å²) < 4.78 is 4.97. The Kier molecular flexibility index (Phi) is 6.70. The smallest absolute Gasteiger partial charge is 0.0845 e. The van der Waals surface area contributed by atoms with Gasteiger partial charge in [0, 0.05) is 0 Å². The van der Waals surface area contributed by atoms with Crippen LogP contribution in [0.25, 0.3) is 0 Å². The molecule has 0 rings (SSSR count). The molecule has 0 saturated carbocycles. The van der Waals surface area contributed by atoms with Gasteiger partial charge >= 0.3 is 0 Å². The van der Waals surface area contributed by atoms with Crippen molar-refractivity contribution in [2.24, 2.45) is 0 Å². The van der Waals surface area contributed by atoms with Crippen LogP contribution >= 0.6 is 0 Å². The average Bonchev–Trinajstić information content (AvgIpc) is 1.89. The fourth-order valence-corrected chi connectivity index (χ4v) is 0.446. The molecule has 0 aliphatic heterocycles. The van der Waals surface area contributed by atoms with Crippen molar-refractivity contribution in [2.75, 3.05) is 6.61 Å². The first kappa shape index (κ1) is 8.28. The summed E-state index contributed by atoms with van der Waals surface area (Å²) in [6.45, 7) is 6.33. The van der Waals surface area contributed by atoms with Gasteiger partial charge in [0.15, 0.2) is 0 Å². The van der Waals surface area contributed by atoms with Crippen LogP contribution in [-0.4, -0.2) is 6.61 Å². The van der Waals surface area contributed by atoms with Crippen LogP contribution in [-0.2, 0) is 4.74 Å². The monoisotopic (exact) mass is 126 g/mol. The molecule has 0 atom stereocenters. The number of unbranched alkanes of at least 4 members (excludes halogenated alkanes) is 1. The van der Waals surface area contributed by atoms with Gasteiger partial charge in [-0.15, -0.1) is 6.58 Å². The van der Waals surface area contributed by atoms with E-state index < -0.39 is 0 Å². The Morgan fingerprint density at radius 3 is 2.78 bits per heavy atom. The summed E-state index contributed by atoms with van der Waals surface area (Å²) >= 11 is 0. The summed E-state index contributed by atoms with van der Waals surface area (Å²) in [5.74, 6) is 0. The van der Waals surface area contributed by atoms with Crippen molar-refractivity contribution >= 4 is 0 Å². The first-order chi connectivity index (χ1) is 4.41. The molecular weight excluding hydrogens is 112 g/mol. The number of allylic oxidation sites excluding steroid dienone is 2. The van der Waals surface area contributed by atoms with Crippen LogP contribution in [0.3, 0.4) is 0 Å². The summed E-state index contributed by atoms with van der Waals surface area (Å²) in [6, 6.07) is 0. The highest BCUT2D eigenvalue weighted by Crippen LogP contribution is 1.90. The molecule has 0 aromatic carbocycles. The summed E-state index contributed by atoms with van der Waals surface area (Å²) in [6.07, 6.45) is 7.71. The van der Waals surface area contributed by atoms with Crippen molar-refractivity contribution in [3.05, 3.63) is 25.0 Å².